The summed E-state index contributed by atoms with van der Waals surface area (Å²) in [6.45, 7) is 5.42. The minimum absolute atomic E-state index is 0.104. The van der Waals surface area contributed by atoms with E-state index in [1.165, 1.54) is 24.8 Å². The van der Waals surface area contributed by atoms with E-state index in [9.17, 15) is 4.79 Å². The van der Waals surface area contributed by atoms with E-state index >= 15 is 0 Å². The molecule has 0 saturated heterocycles. The second kappa shape index (κ2) is 8.90. The Hall–Kier alpha value is -3.55. The van der Waals surface area contributed by atoms with Crippen molar-refractivity contribution < 1.29 is 19.4 Å². The van der Waals surface area contributed by atoms with Gasteiger partial charge in [-0.3, -0.25) is 9.59 Å². The topological polar surface area (TPSA) is 103 Å². The average Bonchev–Trinajstić information content (AvgIpc) is 2.72. The Morgan fingerprint density at radius 2 is 1.94 bits per heavy atom. The highest BCUT2D eigenvalue weighted by Crippen LogP contribution is 2.43. The quantitative estimate of drug-likeness (QED) is 0.677. The molecule has 1 atom stereocenters. The largest absolute Gasteiger partial charge is 0.483 e. The van der Waals surface area contributed by atoms with Crippen molar-refractivity contribution in [1.82, 2.24) is 5.43 Å². The number of hydrazone groups is 1. The molecule has 2 heterocycles. The van der Waals surface area contributed by atoms with Crippen LogP contribution in [-0.2, 0) is 9.59 Å². The minimum Gasteiger partial charge on any atom is -0.483 e. The van der Waals surface area contributed by atoms with Gasteiger partial charge in [-0.1, -0.05) is 29.8 Å². The molecule has 8 heteroatoms. The summed E-state index contributed by atoms with van der Waals surface area (Å²) < 4.78 is 6.01. The Morgan fingerprint density at radius 3 is 2.56 bits per heavy atom. The Balaban J connectivity index is 0.000000567. The van der Waals surface area contributed by atoms with Crippen LogP contribution in [0.2, 0.25) is 0 Å². The van der Waals surface area contributed by atoms with Crippen molar-refractivity contribution in [2.45, 2.75) is 52.1 Å². The third-order valence-electron chi connectivity index (χ3n) is 5.88. The molecule has 1 aliphatic carbocycles. The van der Waals surface area contributed by atoms with Crippen LogP contribution in [0.4, 0.5) is 11.4 Å². The van der Waals surface area contributed by atoms with Gasteiger partial charge >= 0.3 is 0 Å². The Morgan fingerprint density at radius 1 is 1.25 bits per heavy atom. The van der Waals surface area contributed by atoms with E-state index in [-0.39, 0.29) is 11.9 Å². The number of amides is 1. The van der Waals surface area contributed by atoms with E-state index in [0.29, 0.717) is 12.6 Å². The van der Waals surface area contributed by atoms with E-state index in [2.05, 4.69) is 59.2 Å². The fourth-order valence-corrected chi connectivity index (χ4v) is 3.94. The van der Waals surface area contributed by atoms with Crippen LogP contribution in [0.5, 0.6) is 5.75 Å². The molecule has 2 aromatic carbocycles. The molecule has 1 amide bonds. The Kier molecular flexibility index (Phi) is 6.03. The first kappa shape index (κ1) is 21.7. The van der Waals surface area contributed by atoms with Crippen molar-refractivity contribution in [3.05, 3.63) is 42.0 Å². The van der Waals surface area contributed by atoms with Gasteiger partial charge in [-0.2, -0.15) is 5.10 Å². The number of hydrogen-bond donors (Lipinski definition) is 3. The first-order valence-electron chi connectivity index (χ1n) is 10.8. The highest BCUT2D eigenvalue weighted by molar-refractivity contribution is 6.10. The fraction of sp³-hybridized carbons (Fsp3) is 0.375. The van der Waals surface area contributed by atoms with Gasteiger partial charge in [0.1, 0.15) is 18.4 Å². The predicted octanol–water partition coefficient (Wildman–Crippen LogP) is 3.75. The highest BCUT2D eigenvalue weighted by atomic mass is 16.5. The summed E-state index contributed by atoms with van der Waals surface area (Å²) in [5, 5.41) is 15.3. The lowest BCUT2D eigenvalue weighted by atomic mass is 9.91. The second-order valence-corrected chi connectivity index (χ2v) is 8.36. The standard InChI is InChI=1S/C22H24N4O2.C2H4O2/c1-13-6-8-15(9-7-13)17-10-20-19(11-18(17)23-16-4-3-5-16)26-14(2)22(27)25-24-21(26)12-28-20;1-2(3)4/h6-11,14,16,23H,3-5,12H2,1-2H3,(H,25,27);1H3,(H,3,4). The van der Waals surface area contributed by atoms with E-state index in [4.69, 9.17) is 14.6 Å². The summed E-state index contributed by atoms with van der Waals surface area (Å²) in [7, 11) is 0. The number of carboxylic acids is 1. The molecule has 1 fully saturated rings. The third-order valence-corrected chi connectivity index (χ3v) is 5.88. The van der Waals surface area contributed by atoms with Crippen molar-refractivity contribution in [3.63, 3.8) is 0 Å². The summed E-state index contributed by atoms with van der Waals surface area (Å²) in [6, 6.07) is 12.9. The molecule has 8 nitrogen and oxygen atoms in total. The van der Waals surface area contributed by atoms with Crippen LogP contribution in [0.15, 0.2) is 41.5 Å². The van der Waals surface area contributed by atoms with E-state index < -0.39 is 5.97 Å². The number of aryl methyl sites for hydroxylation is 1. The van der Waals surface area contributed by atoms with Crippen LogP contribution in [0, 0.1) is 6.92 Å². The fourth-order valence-electron chi connectivity index (χ4n) is 3.94. The molecular weight excluding hydrogens is 408 g/mol. The van der Waals surface area contributed by atoms with Gasteiger partial charge < -0.3 is 20.1 Å². The summed E-state index contributed by atoms with van der Waals surface area (Å²) in [4.78, 5) is 23.2. The molecular formula is C24H28N4O4. The average molecular weight is 437 g/mol. The van der Waals surface area contributed by atoms with Gasteiger partial charge in [0.15, 0.2) is 5.84 Å². The Labute approximate surface area is 187 Å². The summed E-state index contributed by atoms with van der Waals surface area (Å²) in [5.74, 6) is 0.584. The zero-order valence-corrected chi connectivity index (χ0v) is 18.5. The number of rotatable bonds is 3. The van der Waals surface area contributed by atoms with E-state index in [1.54, 1.807) is 0 Å². The molecule has 0 bridgehead atoms. The van der Waals surface area contributed by atoms with Crippen molar-refractivity contribution >= 4 is 29.1 Å². The van der Waals surface area contributed by atoms with Crippen LogP contribution in [0.25, 0.3) is 11.1 Å². The van der Waals surface area contributed by atoms with Gasteiger partial charge in [-0.05, 0) is 50.8 Å². The molecule has 1 saturated carbocycles. The van der Waals surface area contributed by atoms with Gasteiger partial charge in [0.2, 0.25) is 0 Å². The third kappa shape index (κ3) is 4.39. The number of fused-ring (bicyclic) bond motifs is 3. The SMILES string of the molecule is CC(=O)O.Cc1ccc(-c2cc3c(cc2NC2CCC2)N2C(=NNC(=O)C2C)CO3)cc1. The molecule has 5 rings (SSSR count). The monoisotopic (exact) mass is 436 g/mol. The molecule has 0 radical (unpaired) electrons. The number of hydrogen-bond acceptors (Lipinski definition) is 6. The lowest BCUT2D eigenvalue weighted by molar-refractivity contribution is -0.134. The first-order chi connectivity index (χ1) is 15.3. The molecule has 0 aromatic heterocycles. The maximum absolute atomic E-state index is 12.2. The van der Waals surface area contributed by atoms with Gasteiger partial charge in [0, 0.05) is 24.2 Å². The van der Waals surface area contributed by atoms with Crippen LogP contribution in [-0.4, -0.2) is 41.5 Å². The number of anilines is 2. The lowest BCUT2D eigenvalue weighted by Gasteiger charge is -2.39. The highest BCUT2D eigenvalue weighted by Gasteiger charge is 2.36. The zero-order chi connectivity index (χ0) is 22.8. The summed E-state index contributed by atoms with van der Waals surface area (Å²) in [6.07, 6.45) is 3.65. The van der Waals surface area contributed by atoms with Crippen LogP contribution in [0.1, 0.15) is 38.7 Å². The number of carboxylic acid groups (broad SMARTS) is 1. The number of amidine groups is 1. The van der Waals surface area contributed by atoms with Crippen molar-refractivity contribution in [1.29, 1.82) is 0 Å². The maximum atomic E-state index is 12.2. The number of benzene rings is 2. The number of aliphatic carboxylic acids is 1. The molecule has 0 spiro atoms. The van der Waals surface area contributed by atoms with Gasteiger partial charge in [0.25, 0.3) is 11.9 Å². The van der Waals surface area contributed by atoms with Gasteiger partial charge in [-0.25, -0.2) is 5.43 Å². The van der Waals surface area contributed by atoms with Crippen molar-refractivity contribution in [2.75, 3.05) is 16.8 Å². The smallest absolute Gasteiger partial charge is 0.300 e. The van der Waals surface area contributed by atoms with Crippen molar-refractivity contribution in [2.24, 2.45) is 5.10 Å². The van der Waals surface area contributed by atoms with Crippen LogP contribution >= 0.6 is 0 Å². The van der Waals surface area contributed by atoms with Crippen molar-refractivity contribution in [3.8, 4) is 16.9 Å². The van der Waals surface area contributed by atoms with Gasteiger partial charge in [-0.15, -0.1) is 0 Å². The molecule has 2 aromatic rings. The second-order valence-electron chi connectivity index (χ2n) is 8.36. The lowest BCUT2D eigenvalue weighted by Crippen LogP contribution is -2.55. The van der Waals surface area contributed by atoms with E-state index in [1.807, 2.05) is 11.8 Å². The zero-order valence-electron chi connectivity index (χ0n) is 18.5. The molecule has 3 aliphatic rings. The normalized spacial score (nSPS) is 19.1. The molecule has 168 valence electrons. The number of carbonyl (C=O) groups excluding carboxylic acids is 1. The predicted molar refractivity (Wildman–Crippen MR) is 124 cm³/mol. The summed E-state index contributed by atoms with van der Waals surface area (Å²) in [5.41, 5.74) is 8.07. The maximum Gasteiger partial charge on any atom is 0.300 e. The number of ether oxygens (including phenoxy) is 1. The molecule has 2 aliphatic heterocycles. The van der Waals surface area contributed by atoms with Crippen LogP contribution in [0.3, 0.4) is 0 Å². The summed E-state index contributed by atoms with van der Waals surface area (Å²) >= 11 is 0. The van der Waals surface area contributed by atoms with Crippen LogP contribution < -0.4 is 20.4 Å². The Bertz CT molecular complexity index is 1060. The van der Waals surface area contributed by atoms with E-state index in [0.717, 1.165) is 41.0 Å². The molecule has 1 unspecified atom stereocenters. The number of carbonyl (C=O) groups is 2. The number of nitrogens with zero attached hydrogens (tertiary/aromatic N) is 2. The molecule has 3 N–H and O–H groups in total. The molecule has 32 heavy (non-hydrogen) atoms. The number of nitrogens with one attached hydrogen (secondary N) is 2. The first-order valence-corrected chi connectivity index (χ1v) is 10.8. The van der Waals surface area contributed by atoms with Gasteiger partial charge in [0.05, 0.1) is 5.69 Å². The minimum atomic E-state index is -0.833.